The predicted molar refractivity (Wildman–Crippen MR) is 75.2 cm³/mol. The minimum absolute atomic E-state index is 0.0788. The zero-order valence-electron chi connectivity index (χ0n) is 10.4. The van der Waals surface area contributed by atoms with Gasteiger partial charge in [0.25, 0.3) is 0 Å². The van der Waals surface area contributed by atoms with Crippen LogP contribution >= 0.6 is 15.9 Å². The Kier molecular flexibility index (Phi) is 4.36. The summed E-state index contributed by atoms with van der Waals surface area (Å²) < 4.78 is 0.998. The highest BCUT2D eigenvalue weighted by atomic mass is 79.9. The first-order valence-electron chi connectivity index (χ1n) is 6.21. The van der Waals surface area contributed by atoms with E-state index in [0.29, 0.717) is 6.42 Å². The van der Waals surface area contributed by atoms with Crippen molar-refractivity contribution in [1.82, 2.24) is 0 Å². The predicted octanol–water partition coefficient (Wildman–Crippen LogP) is 3.80. The van der Waals surface area contributed by atoms with Gasteiger partial charge in [0.15, 0.2) is 0 Å². The van der Waals surface area contributed by atoms with E-state index in [2.05, 4.69) is 22.0 Å². The minimum atomic E-state index is -0.583. The van der Waals surface area contributed by atoms with Crippen LogP contribution < -0.4 is 0 Å². The van der Waals surface area contributed by atoms with Crippen molar-refractivity contribution >= 4 is 21.7 Å². The quantitative estimate of drug-likeness (QED) is 0.862. The number of aliphatic hydroxyl groups is 1. The Morgan fingerprint density at radius 1 is 1.39 bits per heavy atom. The van der Waals surface area contributed by atoms with Gasteiger partial charge in [-0.15, -0.1) is 0 Å². The third-order valence-electron chi connectivity index (χ3n) is 3.52. The molecule has 0 heterocycles. The summed E-state index contributed by atoms with van der Waals surface area (Å²) in [7, 11) is 0. The minimum Gasteiger partial charge on any atom is -0.384 e. The molecule has 1 aromatic rings. The largest absolute Gasteiger partial charge is 0.384 e. The zero-order chi connectivity index (χ0) is 13.1. The molecule has 2 rings (SSSR count). The maximum Gasteiger partial charge on any atom is 0.133 e. The number of Topliss-reactive ketones (excluding diaryl/α,β-unsaturated/α-hetero) is 1. The molecule has 1 N–H and O–H groups in total. The van der Waals surface area contributed by atoms with Gasteiger partial charge in [-0.2, -0.15) is 0 Å². The molecule has 96 valence electrons. The summed E-state index contributed by atoms with van der Waals surface area (Å²) in [6, 6.07) is 7.66. The lowest BCUT2D eigenvalue weighted by Crippen LogP contribution is -2.17. The Bertz CT molecular complexity index is 462. The molecule has 0 spiro atoms. The van der Waals surface area contributed by atoms with Crippen molar-refractivity contribution in [1.29, 1.82) is 0 Å². The van der Waals surface area contributed by atoms with Crippen LogP contribution in [0.5, 0.6) is 0 Å². The number of hydrogen-bond donors (Lipinski definition) is 1. The van der Waals surface area contributed by atoms with Gasteiger partial charge in [-0.3, -0.25) is 4.79 Å². The van der Waals surface area contributed by atoms with Crippen molar-refractivity contribution in [2.75, 3.05) is 0 Å². The molecule has 3 heteroatoms. The lowest BCUT2D eigenvalue weighted by atomic mass is 9.83. The van der Waals surface area contributed by atoms with E-state index in [4.69, 9.17) is 0 Å². The standard InChI is InChI=1S/C15H17BrO2/c1-10(17)12-3-2-4-13(9-12)15(18)11-5-7-14(16)8-6-11/h4-8,12,15,18H,2-3,9H2,1H3/t12-,15+/m1/s1. The third kappa shape index (κ3) is 3.09. The number of halogens is 1. The Hall–Kier alpha value is -0.930. The molecule has 0 saturated heterocycles. The highest BCUT2D eigenvalue weighted by Crippen LogP contribution is 2.33. The molecule has 1 aromatic carbocycles. The molecule has 2 nitrogen and oxygen atoms in total. The zero-order valence-corrected chi connectivity index (χ0v) is 12.0. The van der Waals surface area contributed by atoms with E-state index in [1.807, 2.05) is 24.3 Å². The number of aliphatic hydroxyl groups excluding tert-OH is 1. The number of carbonyl (C=O) groups excluding carboxylic acids is 1. The first-order chi connectivity index (χ1) is 8.58. The second-order valence-electron chi connectivity index (χ2n) is 4.82. The van der Waals surface area contributed by atoms with Crippen LogP contribution in [-0.4, -0.2) is 10.9 Å². The second kappa shape index (κ2) is 5.81. The van der Waals surface area contributed by atoms with Crippen molar-refractivity contribution in [2.45, 2.75) is 32.3 Å². The number of hydrogen-bond acceptors (Lipinski definition) is 2. The van der Waals surface area contributed by atoms with Gasteiger partial charge in [0.1, 0.15) is 11.9 Å². The van der Waals surface area contributed by atoms with Crippen LogP contribution in [0.2, 0.25) is 0 Å². The summed E-state index contributed by atoms with van der Waals surface area (Å²) in [6.45, 7) is 1.64. The lowest BCUT2D eigenvalue weighted by Gasteiger charge is -2.24. The summed E-state index contributed by atoms with van der Waals surface area (Å²) in [4.78, 5) is 11.4. The van der Waals surface area contributed by atoms with Gasteiger partial charge in [-0.25, -0.2) is 0 Å². The van der Waals surface area contributed by atoms with E-state index < -0.39 is 6.10 Å². The van der Waals surface area contributed by atoms with Crippen LogP contribution in [0.25, 0.3) is 0 Å². The molecule has 1 aliphatic rings. The summed E-state index contributed by atoms with van der Waals surface area (Å²) in [5.74, 6) is 0.304. The van der Waals surface area contributed by atoms with Crippen molar-refractivity contribution in [2.24, 2.45) is 5.92 Å². The van der Waals surface area contributed by atoms with Crippen molar-refractivity contribution in [3.05, 3.63) is 46.0 Å². The molecule has 18 heavy (non-hydrogen) atoms. The van der Waals surface area contributed by atoms with E-state index in [1.165, 1.54) is 0 Å². The Balaban J connectivity index is 2.13. The Labute approximate surface area is 116 Å². The molecule has 0 aromatic heterocycles. The van der Waals surface area contributed by atoms with Gasteiger partial charge >= 0.3 is 0 Å². The number of ketones is 1. The lowest BCUT2D eigenvalue weighted by molar-refractivity contribution is -0.121. The van der Waals surface area contributed by atoms with E-state index >= 15 is 0 Å². The van der Waals surface area contributed by atoms with E-state index in [-0.39, 0.29) is 11.7 Å². The van der Waals surface area contributed by atoms with Crippen LogP contribution in [0.4, 0.5) is 0 Å². The van der Waals surface area contributed by atoms with E-state index in [9.17, 15) is 9.90 Å². The summed E-state index contributed by atoms with van der Waals surface area (Å²) >= 11 is 3.38. The molecule has 2 atom stereocenters. The van der Waals surface area contributed by atoms with E-state index in [1.54, 1.807) is 6.92 Å². The average molecular weight is 309 g/mol. The van der Waals surface area contributed by atoms with Crippen molar-refractivity contribution in [3.8, 4) is 0 Å². The van der Waals surface area contributed by atoms with Gasteiger partial charge in [0, 0.05) is 10.4 Å². The maximum absolute atomic E-state index is 11.4. The van der Waals surface area contributed by atoms with Gasteiger partial charge in [-0.05, 0) is 49.5 Å². The Morgan fingerprint density at radius 3 is 2.67 bits per heavy atom. The molecule has 0 fully saturated rings. The summed E-state index contributed by atoms with van der Waals surface area (Å²) in [5, 5.41) is 10.3. The summed E-state index contributed by atoms with van der Waals surface area (Å²) in [6.07, 6.45) is 3.97. The molecular weight excluding hydrogens is 292 g/mol. The van der Waals surface area contributed by atoms with Crippen LogP contribution in [0.15, 0.2) is 40.4 Å². The fraction of sp³-hybridized carbons (Fsp3) is 0.400. The fourth-order valence-corrected chi connectivity index (χ4v) is 2.63. The molecule has 0 amide bonds. The molecule has 0 unspecified atom stereocenters. The SMILES string of the molecule is CC(=O)[C@@H]1CCC=C([C@@H](O)c2ccc(Br)cc2)C1. The smallest absolute Gasteiger partial charge is 0.133 e. The Morgan fingerprint density at radius 2 is 2.06 bits per heavy atom. The molecule has 0 aliphatic heterocycles. The molecule has 1 aliphatic carbocycles. The molecule has 0 radical (unpaired) electrons. The highest BCUT2D eigenvalue weighted by Gasteiger charge is 2.23. The number of benzene rings is 1. The van der Waals surface area contributed by atoms with Crippen LogP contribution in [-0.2, 0) is 4.79 Å². The normalized spacial score (nSPS) is 21.3. The van der Waals surface area contributed by atoms with Crippen molar-refractivity contribution < 1.29 is 9.90 Å². The molecular formula is C15H17BrO2. The number of carbonyl (C=O) groups is 1. The van der Waals surface area contributed by atoms with Gasteiger partial charge in [-0.1, -0.05) is 34.1 Å². The molecule has 0 bridgehead atoms. The van der Waals surface area contributed by atoms with Gasteiger partial charge in [0.2, 0.25) is 0 Å². The first kappa shape index (κ1) is 13.5. The average Bonchev–Trinajstić information content (AvgIpc) is 2.39. The molecule has 0 saturated carbocycles. The van der Waals surface area contributed by atoms with Crippen LogP contribution in [0.1, 0.15) is 37.9 Å². The summed E-state index contributed by atoms with van der Waals surface area (Å²) in [5.41, 5.74) is 1.86. The van der Waals surface area contributed by atoms with Crippen LogP contribution in [0.3, 0.4) is 0 Å². The number of allylic oxidation sites excluding steroid dienone is 1. The van der Waals surface area contributed by atoms with Crippen molar-refractivity contribution in [3.63, 3.8) is 0 Å². The van der Waals surface area contributed by atoms with E-state index in [0.717, 1.165) is 28.5 Å². The third-order valence-corrected chi connectivity index (χ3v) is 4.04. The fourth-order valence-electron chi connectivity index (χ4n) is 2.37. The highest BCUT2D eigenvalue weighted by molar-refractivity contribution is 9.10. The van der Waals surface area contributed by atoms with Crippen LogP contribution in [0, 0.1) is 5.92 Å². The second-order valence-corrected chi connectivity index (χ2v) is 5.74. The van der Waals surface area contributed by atoms with Gasteiger partial charge in [0.05, 0.1) is 0 Å². The number of rotatable bonds is 3. The monoisotopic (exact) mass is 308 g/mol. The first-order valence-corrected chi connectivity index (χ1v) is 7.00. The topological polar surface area (TPSA) is 37.3 Å². The van der Waals surface area contributed by atoms with Gasteiger partial charge < -0.3 is 5.11 Å². The maximum atomic E-state index is 11.4.